The monoisotopic (exact) mass is 479 g/mol. The van der Waals surface area contributed by atoms with E-state index >= 15 is 0 Å². The Morgan fingerprint density at radius 3 is 2.25 bits per heavy atom. The molecule has 6 nitrogen and oxygen atoms in total. The van der Waals surface area contributed by atoms with Gasteiger partial charge >= 0.3 is 6.18 Å². The molecule has 1 atom stereocenters. The summed E-state index contributed by atoms with van der Waals surface area (Å²) in [5, 5.41) is 2.48. The van der Waals surface area contributed by atoms with Crippen LogP contribution in [0, 0.1) is 11.6 Å². The molecule has 0 aliphatic heterocycles. The predicted octanol–water partition coefficient (Wildman–Crippen LogP) is 4.58. The molecule has 0 fully saturated rings. The van der Waals surface area contributed by atoms with Gasteiger partial charge < -0.3 is 5.32 Å². The number of amides is 1. The number of aromatic nitrogens is 1. The molecule has 0 saturated carbocycles. The average Bonchev–Trinajstić information content (AvgIpc) is 2.67. The number of sulfonamides is 1. The molecule has 0 spiro atoms. The van der Waals surface area contributed by atoms with E-state index in [9.17, 15) is 35.2 Å². The van der Waals surface area contributed by atoms with E-state index in [2.05, 4.69) is 10.3 Å². The maximum atomic E-state index is 14.2. The van der Waals surface area contributed by atoms with Crippen molar-refractivity contribution in [2.75, 3.05) is 11.0 Å². The number of hydrogen-bond acceptors (Lipinski definition) is 4. The van der Waals surface area contributed by atoms with Crippen LogP contribution in [0.3, 0.4) is 0 Å². The van der Waals surface area contributed by atoms with E-state index in [4.69, 9.17) is 0 Å². The minimum absolute atomic E-state index is 0.0117. The lowest BCUT2D eigenvalue weighted by Crippen LogP contribution is -2.28. The number of carbonyl (C=O) groups is 1. The van der Waals surface area contributed by atoms with Crippen LogP contribution < -0.4 is 10.0 Å². The first kappa shape index (κ1) is 25.5. The van der Waals surface area contributed by atoms with Crippen molar-refractivity contribution in [3.63, 3.8) is 0 Å². The van der Waals surface area contributed by atoms with Gasteiger partial charge in [-0.2, -0.15) is 13.2 Å². The predicted molar refractivity (Wildman–Crippen MR) is 109 cm³/mol. The Balaban J connectivity index is 2.30. The van der Waals surface area contributed by atoms with Crippen LogP contribution in [0.4, 0.5) is 27.6 Å². The third-order valence-corrected chi connectivity index (χ3v) is 5.05. The van der Waals surface area contributed by atoms with Gasteiger partial charge in [0.2, 0.25) is 10.0 Å². The molecule has 0 saturated heterocycles. The molecular formula is C20H22F5N3O3S. The van der Waals surface area contributed by atoms with Crippen molar-refractivity contribution in [3.05, 3.63) is 58.4 Å². The van der Waals surface area contributed by atoms with Gasteiger partial charge in [-0.3, -0.25) is 9.52 Å². The van der Waals surface area contributed by atoms with Crippen LogP contribution in [-0.4, -0.2) is 25.6 Å². The zero-order valence-electron chi connectivity index (χ0n) is 17.5. The Kier molecular flexibility index (Phi) is 7.81. The number of aryl methyl sites for hydroxylation is 1. The summed E-state index contributed by atoms with van der Waals surface area (Å²) in [6.07, 6.45) is -2.61. The third kappa shape index (κ3) is 6.62. The molecule has 1 amide bonds. The molecule has 2 rings (SSSR count). The zero-order valence-corrected chi connectivity index (χ0v) is 18.3. The van der Waals surface area contributed by atoms with Crippen molar-refractivity contribution in [2.24, 2.45) is 0 Å². The SMILES string of the molecule is CCCCc1nc(C(F)(F)F)ccc1C(=O)N[C@H](C)c1cc(F)c(NS(C)(=O)=O)c(F)c1. The van der Waals surface area contributed by atoms with Crippen LogP contribution in [0.25, 0.3) is 0 Å². The molecule has 32 heavy (non-hydrogen) atoms. The number of halogens is 5. The van der Waals surface area contributed by atoms with Gasteiger partial charge in [-0.15, -0.1) is 0 Å². The van der Waals surface area contributed by atoms with E-state index in [1.165, 1.54) is 6.92 Å². The Morgan fingerprint density at radius 2 is 1.75 bits per heavy atom. The molecule has 2 N–H and O–H groups in total. The summed E-state index contributed by atoms with van der Waals surface area (Å²) in [5.41, 5.74) is -2.09. The third-order valence-electron chi connectivity index (χ3n) is 4.48. The number of unbranched alkanes of at least 4 members (excludes halogenated alkanes) is 1. The Labute approximate surface area is 182 Å². The number of hydrogen-bond donors (Lipinski definition) is 2. The molecule has 12 heteroatoms. The van der Waals surface area contributed by atoms with Crippen molar-refractivity contribution in [1.82, 2.24) is 10.3 Å². The zero-order chi connectivity index (χ0) is 24.3. The smallest absolute Gasteiger partial charge is 0.345 e. The second-order valence-corrected chi connectivity index (χ2v) is 8.97. The molecule has 0 radical (unpaired) electrons. The number of alkyl halides is 3. The average molecular weight is 479 g/mol. The quantitative estimate of drug-likeness (QED) is 0.543. The lowest BCUT2D eigenvalue weighted by Gasteiger charge is -2.18. The van der Waals surface area contributed by atoms with Gasteiger partial charge in [0.15, 0.2) is 11.6 Å². The van der Waals surface area contributed by atoms with Crippen molar-refractivity contribution in [2.45, 2.75) is 45.3 Å². The fraction of sp³-hybridized carbons (Fsp3) is 0.400. The summed E-state index contributed by atoms with van der Waals surface area (Å²) in [5.74, 6) is -3.14. The molecule has 176 valence electrons. The van der Waals surface area contributed by atoms with Crippen molar-refractivity contribution >= 4 is 21.6 Å². The van der Waals surface area contributed by atoms with Crippen LogP contribution in [0.2, 0.25) is 0 Å². The molecule has 2 aromatic rings. The molecule has 1 aromatic heterocycles. The summed E-state index contributed by atoms with van der Waals surface area (Å²) >= 11 is 0. The second-order valence-electron chi connectivity index (χ2n) is 7.22. The van der Waals surface area contributed by atoms with Gasteiger partial charge in [0.1, 0.15) is 11.4 Å². The highest BCUT2D eigenvalue weighted by molar-refractivity contribution is 7.92. The lowest BCUT2D eigenvalue weighted by molar-refractivity contribution is -0.141. The minimum atomic E-state index is -4.67. The number of pyridine rings is 1. The Bertz CT molecular complexity index is 1080. The fourth-order valence-electron chi connectivity index (χ4n) is 2.88. The number of carbonyl (C=O) groups excluding carboxylic acids is 1. The second kappa shape index (κ2) is 9.80. The molecule has 0 bridgehead atoms. The first-order chi connectivity index (χ1) is 14.7. The van der Waals surface area contributed by atoms with E-state index < -0.39 is 51.2 Å². The molecule has 0 aliphatic rings. The molecule has 1 heterocycles. The van der Waals surface area contributed by atoms with Crippen molar-refractivity contribution in [3.8, 4) is 0 Å². The van der Waals surface area contributed by atoms with Gasteiger partial charge in [-0.1, -0.05) is 13.3 Å². The number of benzene rings is 1. The molecule has 1 aromatic carbocycles. The van der Waals surface area contributed by atoms with Crippen LogP contribution in [0.15, 0.2) is 24.3 Å². The van der Waals surface area contributed by atoms with Gasteiger partial charge in [0, 0.05) is 0 Å². The summed E-state index contributed by atoms with van der Waals surface area (Å²) in [7, 11) is -3.92. The number of nitrogens with zero attached hydrogens (tertiary/aromatic N) is 1. The van der Waals surface area contributed by atoms with E-state index in [-0.39, 0.29) is 23.2 Å². The maximum absolute atomic E-state index is 14.2. The summed E-state index contributed by atoms with van der Waals surface area (Å²) in [4.78, 5) is 16.3. The van der Waals surface area contributed by atoms with E-state index in [1.54, 1.807) is 4.72 Å². The molecular weight excluding hydrogens is 457 g/mol. The van der Waals surface area contributed by atoms with E-state index in [0.29, 0.717) is 18.9 Å². The topological polar surface area (TPSA) is 88.2 Å². The number of anilines is 1. The van der Waals surface area contributed by atoms with Crippen LogP contribution in [0.5, 0.6) is 0 Å². The number of rotatable bonds is 8. The van der Waals surface area contributed by atoms with Gasteiger partial charge in [0.25, 0.3) is 5.91 Å². The highest BCUT2D eigenvalue weighted by Gasteiger charge is 2.33. The van der Waals surface area contributed by atoms with Crippen molar-refractivity contribution in [1.29, 1.82) is 0 Å². The normalized spacial score (nSPS) is 13.0. The Hall–Kier alpha value is -2.76. The van der Waals surface area contributed by atoms with Crippen LogP contribution in [-0.2, 0) is 22.6 Å². The van der Waals surface area contributed by atoms with E-state index in [1.807, 2.05) is 6.92 Å². The summed E-state index contributed by atoms with van der Waals surface area (Å²) in [6.45, 7) is 3.25. The fourth-order valence-corrected chi connectivity index (χ4v) is 3.45. The summed E-state index contributed by atoms with van der Waals surface area (Å²) in [6, 6.07) is 2.47. The van der Waals surface area contributed by atoms with E-state index in [0.717, 1.165) is 24.5 Å². The van der Waals surface area contributed by atoms with Gasteiger partial charge in [-0.25, -0.2) is 22.2 Å². The summed E-state index contributed by atoms with van der Waals surface area (Å²) < 4.78 is 91.6. The first-order valence-corrected chi connectivity index (χ1v) is 11.5. The van der Waals surface area contributed by atoms with Gasteiger partial charge in [-0.05, 0) is 49.6 Å². The lowest BCUT2D eigenvalue weighted by atomic mass is 10.0. The highest BCUT2D eigenvalue weighted by Crippen LogP contribution is 2.29. The highest BCUT2D eigenvalue weighted by atomic mass is 32.2. The molecule has 0 unspecified atom stereocenters. The standard InChI is InChI=1S/C20H22F5N3O3S/c1-4-5-6-16-13(7-8-17(27-16)20(23,24)25)19(29)26-11(2)12-9-14(21)18(15(22)10-12)28-32(3,30)31/h7-11,28H,4-6H2,1-3H3,(H,26,29)/t11-/m1/s1. The van der Waals surface area contributed by atoms with Crippen molar-refractivity contribution < 1.29 is 35.2 Å². The molecule has 0 aliphatic carbocycles. The number of nitrogens with one attached hydrogen (secondary N) is 2. The maximum Gasteiger partial charge on any atom is 0.433 e. The largest absolute Gasteiger partial charge is 0.433 e. The van der Waals surface area contributed by atoms with Gasteiger partial charge in [0.05, 0.1) is 23.6 Å². The van der Waals surface area contributed by atoms with Crippen LogP contribution in [0.1, 0.15) is 60.0 Å². The first-order valence-electron chi connectivity index (χ1n) is 9.57. The Morgan fingerprint density at radius 1 is 1.16 bits per heavy atom. The van der Waals surface area contributed by atoms with Crippen LogP contribution >= 0.6 is 0 Å². The minimum Gasteiger partial charge on any atom is -0.345 e.